The summed E-state index contributed by atoms with van der Waals surface area (Å²) in [5.41, 5.74) is 0.813. The minimum atomic E-state index is 0.188. The Morgan fingerprint density at radius 1 is 1.29 bits per heavy atom. The maximum Gasteiger partial charge on any atom is 0.166 e. The van der Waals surface area contributed by atoms with E-state index < -0.39 is 0 Å². The van der Waals surface area contributed by atoms with E-state index in [-0.39, 0.29) is 5.92 Å². The van der Waals surface area contributed by atoms with Crippen LogP contribution in [0.25, 0.3) is 0 Å². The molecule has 0 amide bonds. The molecular formula is C18H25NO2. The predicted octanol–water partition coefficient (Wildman–Crippen LogP) is 3.53. The summed E-state index contributed by atoms with van der Waals surface area (Å²) in [6.07, 6.45) is 5.85. The minimum Gasteiger partial charge on any atom is -0.494 e. The Balaban J connectivity index is 1.75. The molecule has 2 heterocycles. The Morgan fingerprint density at radius 3 is 2.67 bits per heavy atom. The van der Waals surface area contributed by atoms with Gasteiger partial charge in [0.25, 0.3) is 0 Å². The van der Waals surface area contributed by atoms with Crippen LogP contribution < -0.4 is 4.74 Å². The van der Waals surface area contributed by atoms with Crippen LogP contribution >= 0.6 is 0 Å². The summed E-state index contributed by atoms with van der Waals surface area (Å²) in [5, 5.41) is 0. The second-order valence-corrected chi connectivity index (χ2v) is 6.40. The molecule has 2 unspecified atom stereocenters. The average molecular weight is 287 g/mol. The molecule has 0 radical (unpaired) electrons. The van der Waals surface area contributed by atoms with Crippen LogP contribution in [0, 0.1) is 5.92 Å². The number of hydrogen-bond donors (Lipinski definition) is 0. The summed E-state index contributed by atoms with van der Waals surface area (Å²) >= 11 is 0. The molecule has 2 aliphatic rings. The van der Waals surface area contributed by atoms with Gasteiger partial charge in [0, 0.05) is 23.6 Å². The van der Waals surface area contributed by atoms with Crippen molar-refractivity contribution in [3.05, 3.63) is 29.8 Å². The topological polar surface area (TPSA) is 29.5 Å². The van der Waals surface area contributed by atoms with E-state index in [1.54, 1.807) is 0 Å². The summed E-state index contributed by atoms with van der Waals surface area (Å²) in [6.45, 7) is 2.60. The zero-order valence-electron chi connectivity index (χ0n) is 13.0. The molecule has 0 aromatic heterocycles. The molecule has 3 heteroatoms. The second-order valence-electron chi connectivity index (χ2n) is 6.40. The van der Waals surface area contributed by atoms with Crippen molar-refractivity contribution in [3.8, 4) is 5.75 Å². The van der Waals surface area contributed by atoms with Crippen molar-refractivity contribution in [2.45, 2.75) is 51.1 Å². The molecule has 0 saturated carbocycles. The van der Waals surface area contributed by atoms with E-state index in [0.717, 1.165) is 24.2 Å². The van der Waals surface area contributed by atoms with Gasteiger partial charge in [-0.3, -0.25) is 4.79 Å². The quantitative estimate of drug-likeness (QED) is 0.793. The third-order valence-electron chi connectivity index (χ3n) is 5.14. The van der Waals surface area contributed by atoms with E-state index in [0.29, 0.717) is 24.5 Å². The molecule has 3 rings (SSSR count). The Kier molecular flexibility index (Phi) is 4.29. The molecular weight excluding hydrogens is 262 g/mol. The number of rotatable bonds is 4. The van der Waals surface area contributed by atoms with Crippen LogP contribution in [0.15, 0.2) is 24.3 Å². The van der Waals surface area contributed by atoms with Crippen molar-refractivity contribution in [1.82, 2.24) is 4.90 Å². The minimum absolute atomic E-state index is 0.188. The summed E-state index contributed by atoms with van der Waals surface area (Å²) in [4.78, 5) is 15.3. The molecule has 1 aromatic rings. The predicted molar refractivity (Wildman–Crippen MR) is 83.9 cm³/mol. The number of fused-ring (bicyclic) bond motifs is 2. The lowest BCUT2D eigenvalue weighted by molar-refractivity contribution is 0.0338. The number of carbonyl (C=O) groups is 1. The van der Waals surface area contributed by atoms with E-state index in [1.807, 2.05) is 31.2 Å². The summed E-state index contributed by atoms with van der Waals surface area (Å²) < 4.78 is 5.52. The first-order valence-corrected chi connectivity index (χ1v) is 8.18. The fourth-order valence-electron chi connectivity index (χ4n) is 3.97. The van der Waals surface area contributed by atoms with Crippen LogP contribution in [0.1, 0.15) is 49.4 Å². The van der Waals surface area contributed by atoms with Crippen molar-refractivity contribution in [3.63, 3.8) is 0 Å². The first kappa shape index (κ1) is 14.6. The van der Waals surface area contributed by atoms with Gasteiger partial charge in [-0.2, -0.15) is 0 Å². The smallest absolute Gasteiger partial charge is 0.166 e. The maximum absolute atomic E-state index is 12.8. The number of hydrogen-bond acceptors (Lipinski definition) is 3. The SMILES string of the molecule is CCOc1cccc(C(=O)C2CC3CCCC(C2)N3C)c1. The third kappa shape index (κ3) is 2.98. The van der Waals surface area contributed by atoms with Gasteiger partial charge in [-0.1, -0.05) is 18.6 Å². The molecule has 3 nitrogen and oxygen atoms in total. The highest BCUT2D eigenvalue weighted by atomic mass is 16.5. The zero-order chi connectivity index (χ0) is 14.8. The normalized spacial score (nSPS) is 29.1. The number of ketones is 1. The second kappa shape index (κ2) is 6.18. The molecule has 2 aliphatic heterocycles. The van der Waals surface area contributed by atoms with Crippen molar-refractivity contribution >= 4 is 5.78 Å². The zero-order valence-corrected chi connectivity index (χ0v) is 13.0. The van der Waals surface area contributed by atoms with Gasteiger partial charge in [0.05, 0.1) is 6.61 Å². The molecule has 2 saturated heterocycles. The van der Waals surface area contributed by atoms with Gasteiger partial charge < -0.3 is 9.64 Å². The highest BCUT2D eigenvalue weighted by Gasteiger charge is 2.38. The van der Waals surface area contributed by atoms with E-state index in [1.165, 1.54) is 19.3 Å². The summed E-state index contributed by atoms with van der Waals surface area (Å²) in [5.74, 6) is 1.30. The molecule has 0 N–H and O–H groups in total. The van der Waals surface area contributed by atoms with Gasteiger partial charge in [-0.05, 0) is 51.8 Å². The van der Waals surface area contributed by atoms with Crippen LogP contribution in [0.4, 0.5) is 0 Å². The Morgan fingerprint density at radius 2 is 2.00 bits per heavy atom. The standard InChI is InChI=1S/C18H25NO2/c1-3-21-17-9-4-6-13(12-17)18(20)14-10-15-7-5-8-16(11-14)19(15)2/h4,6,9,12,14-16H,3,5,7-8,10-11H2,1-2H3. The lowest BCUT2D eigenvalue weighted by atomic mass is 9.76. The number of piperidine rings is 2. The van der Waals surface area contributed by atoms with Gasteiger partial charge in [-0.25, -0.2) is 0 Å². The number of nitrogens with zero attached hydrogens (tertiary/aromatic N) is 1. The van der Waals surface area contributed by atoms with Crippen LogP contribution in [-0.4, -0.2) is 36.4 Å². The van der Waals surface area contributed by atoms with Crippen LogP contribution in [-0.2, 0) is 0 Å². The first-order chi connectivity index (χ1) is 10.2. The highest BCUT2D eigenvalue weighted by molar-refractivity contribution is 5.98. The first-order valence-electron chi connectivity index (χ1n) is 8.18. The number of ether oxygens (including phenoxy) is 1. The fourth-order valence-corrected chi connectivity index (χ4v) is 3.97. The largest absolute Gasteiger partial charge is 0.494 e. The summed E-state index contributed by atoms with van der Waals surface area (Å²) in [6, 6.07) is 8.87. The van der Waals surface area contributed by atoms with Crippen molar-refractivity contribution in [2.24, 2.45) is 5.92 Å². The molecule has 0 spiro atoms. The van der Waals surface area contributed by atoms with Crippen LogP contribution in [0.5, 0.6) is 5.75 Å². The third-order valence-corrected chi connectivity index (χ3v) is 5.14. The Bertz CT molecular complexity index is 500. The molecule has 2 bridgehead atoms. The number of carbonyl (C=O) groups excluding carboxylic acids is 1. The molecule has 1 aromatic carbocycles. The maximum atomic E-state index is 12.8. The number of benzene rings is 1. The van der Waals surface area contributed by atoms with E-state index in [9.17, 15) is 4.79 Å². The molecule has 2 fully saturated rings. The van der Waals surface area contributed by atoms with E-state index in [2.05, 4.69) is 11.9 Å². The lowest BCUT2D eigenvalue weighted by Crippen LogP contribution is -2.51. The van der Waals surface area contributed by atoms with Crippen molar-refractivity contribution < 1.29 is 9.53 Å². The Hall–Kier alpha value is -1.35. The number of Topliss-reactive ketones (excluding diaryl/α,β-unsaturated/α-hetero) is 1. The molecule has 21 heavy (non-hydrogen) atoms. The average Bonchev–Trinajstić information content (AvgIpc) is 2.47. The fraction of sp³-hybridized carbons (Fsp3) is 0.611. The summed E-state index contributed by atoms with van der Waals surface area (Å²) in [7, 11) is 2.23. The highest BCUT2D eigenvalue weighted by Crippen LogP contribution is 2.37. The van der Waals surface area contributed by atoms with E-state index in [4.69, 9.17) is 4.74 Å². The van der Waals surface area contributed by atoms with E-state index >= 15 is 0 Å². The van der Waals surface area contributed by atoms with Gasteiger partial charge >= 0.3 is 0 Å². The van der Waals surface area contributed by atoms with Crippen LogP contribution in [0.3, 0.4) is 0 Å². The van der Waals surface area contributed by atoms with Gasteiger partial charge in [0.15, 0.2) is 5.78 Å². The van der Waals surface area contributed by atoms with Crippen molar-refractivity contribution in [1.29, 1.82) is 0 Å². The van der Waals surface area contributed by atoms with Gasteiger partial charge in [0.2, 0.25) is 0 Å². The molecule has 0 aliphatic carbocycles. The van der Waals surface area contributed by atoms with Crippen molar-refractivity contribution in [2.75, 3.05) is 13.7 Å². The Labute approximate surface area is 127 Å². The van der Waals surface area contributed by atoms with Gasteiger partial charge in [0.1, 0.15) is 5.75 Å². The monoisotopic (exact) mass is 287 g/mol. The molecule has 2 atom stereocenters. The van der Waals surface area contributed by atoms with Gasteiger partial charge in [-0.15, -0.1) is 0 Å². The van der Waals surface area contributed by atoms with Crippen LogP contribution in [0.2, 0.25) is 0 Å². The lowest BCUT2D eigenvalue weighted by Gasteiger charge is -2.46. The molecule has 114 valence electrons.